The molecule has 0 radical (unpaired) electrons. The quantitative estimate of drug-likeness (QED) is 0.148. The molecule has 1 N–H and O–H groups in total. The molecule has 4 aromatic rings. The Bertz CT molecular complexity index is 1870. The van der Waals surface area contributed by atoms with Gasteiger partial charge in [0.2, 0.25) is 0 Å². The van der Waals surface area contributed by atoms with E-state index < -0.39 is 23.8 Å². The first-order chi connectivity index (χ1) is 23.7. The number of pyridine rings is 1. The summed E-state index contributed by atoms with van der Waals surface area (Å²) in [6.07, 6.45) is 3.35. The van der Waals surface area contributed by atoms with E-state index in [0.29, 0.717) is 60.8 Å². The summed E-state index contributed by atoms with van der Waals surface area (Å²) in [5.74, 6) is 1.33. The van der Waals surface area contributed by atoms with Gasteiger partial charge in [-0.05, 0) is 66.6 Å². The highest BCUT2D eigenvalue weighted by atomic mass is 35.5. The van der Waals surface area contributed by atoms with E-state index in [-0.39, 0.29) is 13.0 Å². The number of H-pyrrole nitrogens is 1. The number of piperidine rings is 3. The highest BCUT2D eigenvalue weighted by Gasteiger charge is 2.74. The minimum absolute atomic E-state index is 0.212. The minimum atomic E-state index is -0.759. The van der Waals surface area contributed by atoms with Crippen molar-refractivity contribution >= 4 is 52.6 Å². The van der Waals surface area contributed by atoms with Crippen LogP contribution >= 0.6 is 34.8 Å². The summed E-state index contributed by atoms with van der Waals surface area (Å²) in [5, 5.41) is 1.34. The van der Waals surface area contributed by atoms with Crippen LogP contribution in [0.2, 0.25) is 15.1 Å². The van der Waals surface area contributed by atoms with Gasteiger partial charge in [0, 0.05) is 47.6 Å². The number of aromatic amines is 1. The molecule has 1 saturated carbocycles. The van der Waals surface area contributed by atoms with E-state index in [1.54, 1.807) is 85.1 Å². The maximum Gasteiger partial charge on any atom is 0.415 e. The Morgan fingerprint density at radius 2 is 1.71 bits per heavy atom. The molecule has 1 amide bonds. The third-order valence-electron chi connectivity index (χ3n) is 9.88. The van der Waals surface area contributed by atoms with Crippen LogP contribution in [0.5, 0.6) is 11.5 Å². The van der Waals surface area contributed by atoms with E-state index in [0.717, 1.165) is 31.6 Å². The lowest BCUT2D eigenvalue weighted by Crippen LogP contribution is -2.42. The van der Waals surface area contributed by atoms with Crippen LogP contribution in [0.1, 0.15) is 39.6 Å². The predicted octanol–water partition coefficient (Wildman–Crippen LogP) is 7.47. The number of hydrogen-bond donors (Lipinski definition) is 0. The van der Waals surface area contributed by atoms with Crippen molar-refractivity contribution in [3.63, 3.8) is 0 Å². The SMILES string of the molecule is COc1ccc([C@H](Cc2c(Cl)c[nH+]cc2Cl)OC(=O)c2ccc(CN(C(=O)O[C@]34CN5CCC3C4C5)c3cccc(Cl)c3)cc2)cc1OC. The van der Waals surface area contributed by atoms with Crippen molar-refractivity contribution in [1.82, 2.24) is 4.90 Å². The molecule has 49 heavy (non-hydrogen) atoms. The molecule has 0 spiro atoms. The van der Waals surface area contributed by atoms with Crippen LogP contribution in [-0.4, -0.2) is 56.4 Å². The van der Waals surface area contributed by atoms with Gasteiger partial charge in [-0.2, -0.15) is 0 Å². The van der Waals surface area contributed by atoms with E-state index in [9.17, 15) is 9.59 Å². The van der Waals surface area contributed by atoms with Crippen molar-refractivity contribution in [2.75, 3.05) is 38.8 Å². The zero-order chi connectivity index (χ0) is 34.3. The number of esters is 1. The Morgan fingerprint density at radius 3 is 2.35 bits per heavy atom. The average molecular weight is 724 g/mol. The average Bonchev–Trinajstić information content (AvgIpc) is 3.60. The highest BCUT2D eigenvalue weighted by molar-refractivity contribution is 6.35. The number of carbonyl (C=O) groups is 2. The lowest BCUT2D eigenvalue weighted by molar-refractivity contribution is -0.377. The normalized spacial score (nSPS) is 22.2. The van der Waals surface area contributed by atoms with E-state index in [1.807, 2.05) is 6.07 Å². The van der Waals surface area contributed by atoms with Gasteiger partial charge in [0.15, 0.2) is 23.9 Å². The fourth-order valence-corrected chi connectivity index (χ4v) is 8.01. The Hall–Kier alpha value is -4.02. The number of fused-ring (bicyclic) bond motifs is 1. The topological polar surface area (TPSA) is 91.7 Å². The second-order valence-electron chi connectivity index (χ2n) is 12.7. The highest BCUT2D eigenvalue weighted by Crippen LogP contribution is 2.63. The smallest absolute Gasteiger partial charge is 0.415 e. The van der Waals surface area contributed by atoms with Gasteiger partial charge in [0.1, 0.15) is 21.8 Å². The monoisotopic (exact) mass is 722 g/mol. The standard InChI is InChI=1S/C37H34Cl3N3O6/c1-46-32-11-10-24(14-34(32)47-2)33(16-27-30(39)17-41-18-31(27)40)48-35(44)23-8-6-22(7-9-23)19-43(26-5-3-4-25(38)15-26)36(45)49-37-21-42-13-12-28(37)29(37)20-42/h3-11,14-15,17-18,28-29,33H,12-13,16,19-21H2,1-2H3/p+1/t28?,29?,33-,37+/m0/s1. The zero-order valence-electron chi connectivity index (χ0n) is 27.0. The molecule has 12 heteroatoms. The second kappa shape index (κ2) is 13.7. The molecule has 3 aromatic carbocycles. The van der Waals surface area contributed by atoms with Gasteiger partial charge in [0.05, 0.1) is 26.3 Å². The van der Waals surface area contributed by atoms with E-state index in [2.05, 4.69) is 9.88 Å². The molecule has 4 fully saturated rings. The third-order valence-corrected chi connectivity index (χ3v) is 10.8. The molecule has 4 aliphatic rings. The number of methoxy groups -OCH3 is 2. The largest absolute Gasteiger partial charge is 0.493 e. The summed E-state index contributed by atoms with van der Waals surface area (Å²) in [6.45, 7) is 3.07. The fourth-order valence-electron chi connectivity index (χ4n) is 7.29. The summed E-state index contributed by atoms with van der Waals surface area (Å²) in [7, 11) is 3.09. The third kappa shape index (κ3) is 6.65. The number of rotatable bonds is 11. The Labute approximate surface area is 299 Å². The Balaban J connectivity index is 1.10. The van der Waals surface area contributed by atoms with Crippen LogP contribution < -0.4 is 19.4 Å². The first kappa shape index (κ1) is 33.5. The van der Waals surface area contributed by atoms with Gasteiger partial charge < -0.3 is 18.9 Å². The molecule has 3 saturated heterocycles. The van der Waals surface area contributed by atoms with Gasteiger partial charge in [-0.1, -0.05) is 59.1 Å². The molecular weight excluding hydrogens is 689 g/mol. The van der Waals surface area contributed by atoms with Gasteiger partial charge in [-0.25, -0.2) is 14.6 Å². The lowest BCUT2D eigenvalue weighted by Gasteiger charge is -2.31. The first-order valence-corrected chi connectivity index (χ1v) is 17.2. The van der Waals surface area contributed by atoms with Crippen LogP contribution in [0, 0.1) is 11.8 Å². The minimum Gasteiger partial charge on any atom is -0.493 e. The number of anilines is 1. The summed E-state index contributed by atoms with van der Waals surface area (Å²) in [4.78, 5) is 34.3. The zero-order valence-corrected chi connectivity index (χ0v) is 29.2. The molecule has 3 unspecified atom stereocenters. The number of amides is 1. The number of nitrogens with one attached hydrogen (secondary N) is 1. The molecule has 8 rings (SSSR count). The molecule has 9 nitrogen and oxygen atoms in total. The predicted molar refractivity (Wildman–Crippen MR) is 186 cm³/mol. The molecule has 3 aliphatic heterocycles. The summed E-state index contributed by atoms with van der Waals surface area (Å²) in [6, 6.07) is 19.4. The van der Waals surface area contributed by atoms with Crippen molar-refractivity contribution < 1.29 is 33.5 Å². The Morgan fingerprint density at radius 1 is 0.959 bits per heavy atom. The summed E-state index contributed by atoms with van der Waals surface area (Å²) < 4.78 is 23.3. The van der Waals surface area contributed by atoms with Gasteiger partial charge in [0.25, 0.3) is 0 Å². The van der Waals surface area contributed by atoms with Gasteiger partial charge in [-0.3, -0.25) is 9.80 Å². The van der Waals surface area contributed by atoms with Gasteiger partial charge in [-0.15, -0.1) is 0 Å². The van der Waals surface area contributed by atoms with Crippen LogP contribution in [0.4, 0.5) is 10.5 Å². The van der Waals surface area contributed by atoms with Crippen molar-refractivity contribution in [3.8, 4) is 11.5 Å². The van der Waals surface area contributed by atoms with Gasteiger partial charge >= 0.3 is 12.1 Å². The fraction of sp³-hybridized carbons (Fsp3) is 0.324. The number of halogens is 3. The molecule has 1 aliphatic carbocycles. The number of nitrogens with zero attached hydrogens (tertiary/aromatic N) is 2. The van der Waals surface area contributed by atoms with E-state index in [4.69, 9.17) is 53.8 Å². The molecule has 254 valence electrons. The van der Waals surface area contributed by atoms with Crippen LogP contribution in [0.15, 0.2) is 79.1 Å². The van der Waals surface area contributed by atoms with Crippen molar-refractivity contribution in [2.24, 2.45) is 11.8 Å². The van der Waals surface area contributed by atoms with Crippen molar-refractivity contribution in [3.05, 3.63) is 116 Å². The molecular formula is C37H35Cl3N3O6+. The molecule has 4 heterocycles. The van der Waals surface area contributed by atoms with E-state index >= 15 is 0 Å². The molecule has 4 bridgehead atoms. The van der Waals surface area contributed by atoms with Crippen LogP contribution in [0.25, 0.3) is 0 Å². The molecule has 1 aromatic heterocycles. The summed E-state index contributed by atoms with van der Waals surface area (Å²) >= 11 is 19.3. The second-order valence-corrected chi connectivity index (χ2v) is 13.9. The number of carbonyl (C=O) groups excluding carboxylic acids is 2. The maximum atomic E-state index is 13.8. The van der Waals surface area contributed by atoms with Crippen LogP contribution in [0.3, 0.4) is 0 Å². The molecule has 5 atom stereocenters. The number of benzene rings is 3. The number of ether oxygens (including phenoxy) is 4. The lowest BCUT2D eigenvalue weighted by atomic mass is 10.0. The Kier molecular flexibility index (Phi) is 9.37. The van der Waals surface area contributed by atoms with Crippen molar-refractivity contribution in [2.45, 2.75) is 31.1 Å². The van der Waals surface area contributed by atoms with E-state index in [1.165, 1.54) is 7.11 Å². The van der Waals surface area contributed by atoms with Crippen LogP contribution in [-0.2, 0) is 22.4 Å². The number of hydrogen-bond acceptors (Lipinski definition) is 7. The first-order valence-electron chi connectivity index (χ1n) is 16.0. The van der Waals surface area contributed by atoms with Crippen molar-refractivity contribution in [1.29, 1.82) is 0 Å². The maximum absolute atomic E-state index is 13.8. The number of aromatic nitrogens is 1. The summed E-state index contributed by atoms with van der Waals surface area (Å²) in [5.41, 5.74) is 2.66.